The summed E-state index contributed by atoms with van der Waals surface area (Å²) in [5.74, 6) is 0.172. The molecule has 1 aliphatic rings. The van der Waals surface area contributed by atoms with Gasteiger partial charge in [-0.2, -0.15) is 5.10 Å². The highest BCUT2D eigenvalue weighted by Crippen LogP contribution is 2.11. The summed E-state index contributed by atoms with van der Waals surface area (Å²) in [6.45, 7) is 5.76. The quantitative estimate of drug-likeness (QED) is 0.796. The Morgan fingerprint density at radius 2 is 2.29 bits per heavy atom. The molecule has 2 heterocycles. The number of amides is 1. The standard InChI is InChI=1S/C12H20N4O/c1-8-11(9(2)16(3)15-8)7-13-6-10-4-5-12(17)14-10/h10,13H,4-7H2,1-3H3,(H,14,17). The lowest BCUT2D eigenvalue weighted by Gasteiger charge is -2.11. The first-order chi connectivity index (χ1) is 8.08. The molecule has 0 radical (unpaired) electrons. The molecule has 1 saturated heterocycles. The Bertz CT molecular complexity index is 424. The fraction of sp³-hybridized carbons (Fsp3) is 0.667. The predicted octanol–water partition coefficient (Wildman–Crippen LogP) is 0.405. The lowest BCUT2D eigenvalue weighted by Crippen LogP contribution is -2.35. The van der Waals surface area contributed by atoms with E-state index in [1.165, 1.54) is 11.3 Å². The number of aromatic nitrogens is 2. The van der Waals surface area contributed by atoms with Crippen molar-refractivity contribution < 1.29 is 4.79 Å². The number of hydrogen-bond donors (Lipinski definition) is 2. The van der Waals surface area contributed by atoms with Gasteiger partial charge < -0.3 is 10.6 Å². The van der Waals surface area contributed by atoms with Crippen LogP contribution in [0, 0.1) is 13.8 Å². The van der Waals surface area contributed by atoms with Gasteiger partial charge in [0.1, 0.15) is 0 Å². The Balaban J connectivity index is 1.84. The molecule has 2 N–H and O–H groups in total. The zero-order chi connectivity index (χ0) is 12.4. The minimum Gasteiger partial charge on any atom is -0.352 e. The van der Waals surface area contributed by atoms with E-state index in [2.05, 4.69) is 22.7 Å². The van der Waals surface area contributed by atoms with Gasteiger partial charge in [0.15, 0.2) is 0 Å². The summed E-state index contributed by atoms with van der Waals surface area (Å²) < 4.78 is 1.91. The second-order valence-corrected chi connectivity index (χ2v) is 4.71. The van der Waals surface area contributed by atoms with Crippen molar-refractivity contribution >= 4 is 5.91 Å². The third-order valence-electron chi connectivity index (χ3n) is 3.44. The van der Waals surface area contributed by atoms with Crippen molar-refractivity contribution in [2.24, 2.45) is 7.05 Å². The molecular formula is C12H20N4O. The van der Waals surface area contributed by atoms with Gasteiger partial charge in [0.2, 0.25) is 5.91 Å². The average molecular weight is 236 g/mol. The molecule has 0 spiro atoms. The van der Waals surface area contributed by atoms with E-state index in [9.17, 15) is 4.79 Å². The van der Waals surface area contributed by atoms with Crippen molar-refractivity contribution in [2.45, 2.75) is 39.3 Å². The van der Waals surface area contributed by atoms with Crippen molar-refractivity contribution in [3.05, 3.63) is 17.0 Å². The molecule has 1 unspecified atom stereocenters. The Morgan fingerprint density at radius 1 is 1.53 bits per heavy atom. The molecule has 5 heteroatoms. The largest absolute Gasteiger partial charge is 0.352 e. The molecule has 17 heavy (non-hydrogen) atoms. The molecule has 94 valence electrons. The fourth-order valence-electron chi connectivity index (χ4n) is 2.28. The lowest BCUT2D eigenvalue weighted by molar-refractivity contribution is -0.119. The smallest absolute Gasteiger partial charge is 0.220 e. The van der Waals surface area contributed by atoms with E-state index in [4.69, 9.17) is 0 Å². The van der Waals surface area contributed by atoms with Gasteiger partial charge >= 0.3 is 0 Å². The summed E-state index contributed by atoms with van der Waals surface area (Å²) in [7, 11) is 1.96. The maximum absolute atomic E-state index is 11.0. The van der Waals surface area contributed by atoms with E-state index in [0.29, 0.717) is 12.5 Å². The number of aryl methyl sites for hydroxylation is 2. The summed E-state index contributed by atoms with van der Waals surface area (Å²) in [6, 6.07) is 0.291. The van der Waals surface area contributed by atoms with Crippen molar-refractivity contribution in [1.29, 1.82) is 0 Å². The van der Waals surface area contributed by atoms with Crippen LogP contribution in [0.3, 0.4) is 0 Å². The Kier molecular flexibility index (Phi) is 3.47. The van der Waals surface area contributed by atoms with Gasteiger partial charge in [-0.05, 0) is 20.3 Å². The Labute approximate surface area is 102 Å². The third kappa shape index (κ3) is 2.66. The number of hydrogen-bond acceptors (Lipinski definition) is 3. The molecule has 0 aromatic carbocycles. The van der Waals surface area contributed by atoms with E-state index in [1.54, 1.807) is 0 Å². The van der Waals surface area contributed by atoms with Crippen LogP contribution in [0.15, 0.2) is 0 Å². The molecule has 1 amide bonds. The van der Waals surface area contributed by atoms with Gasteiger partial charge in [-0.25, -0.2) is 0 Å². The minimum absolute atomic E-state index is 0.172. The fourth-order valence-corrected chi connectivity index (χ4v) is 2.28. The summed E-state index contributed by atoms with van der Waals surface area (Å²) >= 11 is 0. The van der Waals surface area contributed by atoms with Gasteiger partial charge in [0, 0.05) is 43.9 Å². The van der Waals surface area contributed by atoms with Crippen LogP contribution < -0.4 is 10.6 Å². The van der Waals surface area contributed by atoms with Crippen molar-refractivity contribution in [3.63, 3.8) is 0 Å². The number of rotatable bonds is 4. The van der Waals surface area contributed by atoms with Gasteiger partial charge in [-0.15, -0.1) is 0 Å². The second-order valence-electron chi connectivity index (χ2n) is 4.71. The van der Waals surface area contributed by atoms with Crippen LogP contribution in [-0.4, -0.2) is 28.3 Å². The normalized spacial score (nSPS) is 19.7. The van der Waals surface area contributed by atoms with E-state index in [1.807, 2.05) is 18.7 Å². The molecule has 1 aromatic rings. The van der Waals surface area contributed by atoms with Crippen LogP contribution in [0.2, 0.25) is 0 Å². The third-order valence-corrected chi connectivity index (χ3v) is 3.44. The predicted molar refractivity (Wildman–Crippen MR) is 65.6 cm³/mol. The van der Waals surface area contributed by atoms with E-state index in [0.717, 1.165) is 25.2 Å². The summed E-state index contributed by atoms with van der Waals surface area (Å²) in [5, 5.41) is 10.7. The van der Waals surface area contributed by atoms with Crippen LogP contribution in [-0.2, 0) is 18.4 Å². The zero-order valence-electron chi connectivity index (χ0n) is 10.7. The van der Waals surface area contributed by atoms with Gasteiger partial charge in [-0.1, -0.05) is 0 Å². The number of carbonyl (C=O) groups is 1. The van der Waals surface area contributed by atoms with E-state index >= 15 is 0 Å². The van der Waals surface area contributed by atoms with Gasteiger partial charge in [0.25, 0.3) is 0 Å². The molecule has 0 aliphatic carbocycles. The highest BCUT2D eigenvalue weighted by atomic mass is 16.1. The monoisotopic (exact) mass is 236 g/mol. The summed E-state index contributed by atoms with van der Waals surface area (Å²) in [5.41, 5.74) is 3.54. The number of nitrogens with zero attached hydrogens (tertiary/aromatic N) is 2. The van der Waals surface area contributed by atoms with Gasteiger partial charge in [0.05, 0.1) is 5.69 Å². The molecule has 0 saturated carbocycles. The highest BCUT2D eigenvalue weighted by molar-refractivity contribution is 5.78. The average Bonchev–Trinajstić information content (AvgIpc) is 2.78. The maximum atomic E-state index is 11.0. The lowest BCUT2D eigenvalue weighted by atomic mass is 10.2. The van der Waals surface area contributed by atoms with Crippen LogP contribution >= 0.6 is 0 Å². The summed E-state index contributed by atoms with van der Waals surface area (Å²) in [6.07, 6.45) is 1.61. The molecule has 2 rings (SSSR count). The van der Waals surface area contributed by atoms with Crippen LogP contribution in [0.4, 0.5) is 0 Å². The second kappa shape index (κ2) is 4.87. The highest BCUT2D eigenvalue weighted by Gasteiger charge is 2.20. The van der Waals surface area contributed by atoms with E-state index in [-0.39, 0.29) is 5.91 Å². The SMILES string of the molecule is Cc1nn(C)c(C)c1CNCC1CCC(=O)N1. The topological polar surface area (TPSA) is 59.0 Å². The first kappa shape index (κ1) is 12.1. The molecule has 1 fully saturated rings. The van der Waals surface area contributed by atoms with Crippen LogP contribution in [0.25, 0.3) is 0 Å². The van der Waals surface area contributed by atoms with Gasteiger partial charge in [-0.3, -0.25) is 9.48 Å². The first-order valence-corrected chi connectivity index (χ1v) is 6.07. The van der Waals surface area contributed by atoms with E-state index < -0.39 is 0 Å². The molecule has 0 bridgehead atoms. The zero-order valence-corrected chi connectivity index (χ0v) is 10.7. The molecule has 1 aromatic heterocycles. The maximum Gasteiger partial charge on any atom is 0.220 e. The minimum atomic E-state index is 0.172. The number of carbonyl (C=O) groups excluding carboxylic acids is 1. The van der Waals surface area contributed by atoms with Crippen LogP contribution in [0.1, 0.15) is 29.8 Å². The molecular weight excluding hydrogens is 216 g/mol. The Hall–Kier alpha value is -1.36. The Morgan fingerprint density at radius 3 is 2.82 bits per heavy atom. The van der Waals surface area contributed by atoms with Crippen molar-refractivity contribution in [3.8, 4) is 0 Å². The molecule has 1 aliphatic heterocycles. The number of nitrogens with one attached hydrogen (secondary N) is 2. The van der Waals surface area contributed by atoms with Crippen LogP contribution in [0.5, 0.6) is 0 Å². The molecule has 5 nitrogen and oxygen atoms in total. The first-order valence-electron chi connectivity index (χ1n) is 6.07. The van der Waals surface area contributed by atoms with Crippen molar-refractivity contribution in [2.75, 3.05) is 6.54 Å². The van der Waals surface area contributed by atoms with Crippen molar-refractivity contribution in [1.82, 2.24) is 20.4 Å². The summed E-state index contributed by atoms with van der Waals surface area (Å²) in [4.78, 5) is 11.0. The molecule has 1 atom stereocenters.